The van der Waals surface area contributed by atoms with E-state index in [1.54, 1.807) is 37.5 Å². The number of benzene rings is 1. The van der Waals surface area contributed by atoms with Gasteiger partial charge in [0.05, 0.1) is 25.3 Å². The monoisotopic (exact) mass is 341 g/mol. The minimum atomic E-state index is -1.12. The fourth-order valence-electron chi connectivity index (χ4n) is 3.45. The van der Waals surface area contributed by atoms with Crippen LogP contribution >= 0.6 is 0 Å². The first kappa shape index (κ1) is 17.4. The average molecular weight is 341 g/mol. The molecule has 2 heterocycles. The SMILES string of the molecule is COc1ccc([C@](C)(O)[C@H]2CCCN2C(=O)Cc2cnccn2)cc1. The minimum absolute atomic E-state index is 0.0308. The van der Waals surface area contributed by atoms with Gasteiger partial charge in [0, 0.05) is 25.1 Å². The Kier molecular flexibility index (Phi) is 4.99. The standard InChI is InChI=1S/C19H23N3O3/c1-19(24,14-5-7-16(25-2)8-6-14)17-4-3-11-22(17)18(23)12-15-13-20-9-10-21-15/h5-10,13,17,24H,3-4,11-12H2,1-2H3/t17-,19+/m1/s1. The van der Waals surface area contributed by atoms with Crippen molar-refractivity contribution >= 4 is 5.91 Å². The lowest BCUT2D eigenvalue weighted by Crippen LogP contribution is -2.48. The zero-order chi connectivity index (χ0) is 17.9. The summed E-state index contributed by atoms with van der Waals surface area (Å²) < 4.78 is 5.17. The first-order valence-corrected chi connectivity index (χ1v) is 8.43. The van der Waals surface area contributed by atoms with Crippen molar-refractivity contribution in [1.29, 1.82) is 0 Å². The van der Waals surface area contributed by atoms with E-state index in [1.165, 1.54) is 0 Å². The normalized spacial score (nSPS) is 19.5. The molecule has 0 bridgehead atoms. The van der Waals surface area contributed by atoms with Gasteiger partial charge in [-0.15, -0.1) is 0 Å². The van der Waals surface area contributed by atoms with Crippen LogP contribution in [0.2, 0.25) is 0 Å². The predicted molar refractivity (Wildman–Crippen MR) is 93.0 cm³/mol. The van der Waals surface area contributed by atoms with Gasteiger partial charge in [-0.25, -0.2) is 0 Å². The van der Waals surface area contributed by atoms with E-state index in [0.29, 0.717) is 12.2 Å². The van der Waals surface area contributed by atoms with Crippen molar-refractivity contribution in [2.24, 2.45) is 0 Å². The Balaban J connectivity index is 1.78. The highest BCUT2D eigenvalue weighted by molar-refractivity contribution is 5.79. The van der Waals surface area contributed by atoms with Crippen LogP contribution in [0, 0.1) is 0 Å². The molecule has 6 nitrogen and oxygen atoms in total. The Labute approximate surface area is 147 Å². The van der Waals surface area contributed by atoms with E-state index >= 15 is 0 Å². The molecule has 1 N–H and O–H groups in total. The minimum Gasteiger partial charge on any atom is -0.497 e. The van der Waals surface area contributed by atoms with Crippen molar-refractivity contribution in [3.05, 3.63) is 54.1 Å². The number of carbonyl (C=O) groups is 1. The van der Waals surface area contributed by atoms with Crippen molar-refractivity contribution in [1.82, 2.24) is 14.9 Å². The van der Waals surface area contributed by atoms with Crippen LogP contribution in [0.3, 0.4) is 0 Å². The molecule has 1 aliphatic heterocycles. The van der Waals surface area contributed by atoms with Crippen LogP contribution in [0.4, 0.5) is 0 Å². The lowest BCUT2D eigenvalue weighted by molar-refractivity contribution is -0.137. The van der Waals surface area contributed by atoms with Crippen LogP contribution < -0.4 is 4.74 Å². The Morgan fingerprint density at radius 2 is 2.12 bits per heavy atom. The molecule has 0 spiro atoms. The highest BCUT2D eigenvalue weighted by Gasteiger charge is 2.42. The molecule has 0 radical (unpaired) electrons. The van der Waals surface area contributed by atoms with Crippen molar-refractivity contribution < 1.29 is 14.6 Å². The largest absolute Gasteiger partial charge is 0.497 e. The predicted octanol–water partition coefficient (Wildman–Crippen LogP) is 1.93. The van der Waals surface area contributed by atoms with Gasteiger partial charge in [-0.3, -0.25) is 14.8 Å². The van der Waals surface area contributed by atoms with Crippen LogP contribution in [-0.4, -0.2) is 45.6 Å². The number of aromatic nitrogens is 2. The van der Waals surface area contributed by atoms with Gasteiger partial charge in [-0.05, 0) is 37.5 Å². The summed E-state index contributed by atoms with van der Waals surface area (Å²) in [5.41, 5.74) is 0.292. The summed E-state index contributed by atoms with van der Waals surface area (Å²) in [6.07, 6.45) is 6.61. The summed E-state index contributed by atoms with van der Waals surface area (Å²) >= 11 is 0. The quantitative estimate of drug-likeness (QED) is 0.899. The highest BCUT2D eigenvalue weighted by Crippen LogP contribution is 2.35. The Morgan fingerprint density at radius 1 is 1.36 bits per heavy atom. The third kappa shape index (κ3) is 3.64. The molecule has 1 amide bonds. The fraction of sp³-hybridized carbons (Fsp3) is 0.421. The second-order valence-electron chi connectivity index (χ2n) is 6.49. The third-order valence-electron chi connectivity index (χ3n) is 4.85. The van der Waals surface area contributed by atoms with Gasteiger partial charge < -0.3 is 14.7 Å². The van der Waals surface area contributed by atoms with E-state index in [9.17, 15) is 9.90 Å². The van der Waals surface area contributed by atoms with E-state index < -0.39 is 5.60 Å². The molecule has 6 heteroatoms. The number of nitrogens with zero attached hydrogens (tertiary/aromatic N) is 3. The van der Waals surface area contributed by atoms with Crippen LogP contribution in [0.25, 0.3) is 0 Å². The van der Waals surface area contributed by atoms with E-state index in [0.717, 1.165) is 24.2 Å². The molecule has 1 aliphatic rings. The van der Waals surface area contributed by atoms with E-state index in [2.05, 4.69) is 9.97 Å². The number of carbonyl (C=O) groups excluding carboxylic acids is 1. The van der Waals surface area contributed by atoms with Crippen LogP contribution in [0.1, 0.15) is 31.0 Å². The lowest BCUT2D eigenvalue weighted by Gasteiger charge is -2.37. The first-order valence-electron chi connectivity index (χ1n) is 8.43. The number of hydrogen-bond acceptors (Lipinski definition) is 5. The summed E-state index contributed by atoms with van der Waals surface area (Å²) in [7, 11) is 1.61. The number of hydrogen-bond donors (Lipinski definition) is 1. The molecule has 0 unspecified atom stereocenters. The smallest absolute Gasteiger partial charge is 0.229 e. The second kappa shape index (κ2) is 7.19. The van der Waals surface area contributed by atoms with Crippen molar-refractivity contribution in [3.8, 4) is 5.75 Å². The van der Waals surface area contributed by atoms with E-state index in [4.69, 9.17) is 4.74 Å². The summed E-state index contributed by atoms with van der Waals surface area (Å²) in [5.74, 6) is 0.707. The average Bonchev–Trinajstić information content (AvgIpc) is 3.13. The molecular formula is C19H23N3O3. The maximum atomic E-state index is 12.7. The van der Waals surface area contributed by atoms with Gasteiger partial charge in [0.15, 0.2) is 0 Å². The van der Waals surface area contributed by atoms with Gasteiger partial charge in [0.25, 0.3) is 0 Å². The highest BCUT2D eigenvalue weighted by atomic mass is 16.5. The van der Waals surface area contributed by atoms with Gasteiger partial charge in [0.1, 0.15) is 11.4 Å². The molecular weight excluding hydrogens is 318 g/mol. The van der Waals surface area contributed by atoms with Crippen molar-refractivity contribution in [2.75, 3.05) is 13.7 Å². The van der Waals surface area contributed by atoms with Gasteiger partial charge in [-0.2, -0.15) is 0 Å². The third-order valence-corrected chi connectivity index (χ3v) is 4.85. The number of rotatable bonds is 5. The molecule has 2 atom stereocenters. The summed E-state index contributed by atoms with van der Waals surface area (Å²) in [5, 5.41) is 11.2. The Hall–Kier alpha value is -2.47. The first-order chi connectivity index (χ1) is 12.0. The van der Waals surface area contributed by atoms with E-state index in [1.807, 2.05) is 24.3 Å². The molecule has 1 fully saturated rings. The summed E-state index contributed by atoms with van der Waals surface area (Å²) in [6, 6.07) is 7.09. The number of aliphatic hydroxyl groups is 1. The Bertz CT molecular complexity index is 716. The van der Waals surface area contributed by atoms with Crippen molar-refractivity contribution in [2.45, 2.75) is 37.8 Å². The lowest BCUT2D eigenvalue weighted by atomic mass is 9.86. The Morgan fingerprint density at radius 3 is 2.76 bits per heavy atom. The van der Waals surface area contributed by atoms with E-state index in [-0.39, 0.29) is 18.4 Å². The van der Waals surface area contributed by atoms with Crippen LogP contribution in [0.15, 0.2) is 42.9 Å². The molecule has 0 saturated carbocycles. The molecule has 132 valence electrons. The topological polar surface area (TPSA) is 75.6 Å². The molecule has 2 aromatic rings. The maximum absolute atomic E-state index is 12.7. The molecule has 0 aliphatic carbocycles. The fourth-order valence-corrected chi connectivity index (χ4v) is 3.45. The van der Waals surface area contributed by atoms with Gasteiger partial charge >= 0.3 is 0 Å². The molecule has 25 heavy (non-hydrogen) atoms. The van der Waals surface area contributed by atoms with Gasteiger partial charge in [0.2, 0.25) is 5.91 Å². The zero-order valence-electron chi connectivity index (χ0n) is 14.6. The van der Waals surface area contributed by atoms with Crippen LogP contribution in [-0.2, 0) is 16.8 Å². The molecule has 1 aromatic carbocycles. The van der Waals surface area contributed by atoms with Gasteiger partial charge in [-0.1, -0.05) is 12.1 Å². The van der Waals surface area contributed by atoms with Crippen molar-refractivity contribution in [3.63, 3.8) is 0 Å². The number of ether oxygens (including phenoxy) is 1. The second-order valence-corrected chi connectivity index (χ2v) is 6.49. The van der Waals surface area contributed by atoms with Crippen LogP contribution in [0.5, 0.6) is 5.75 Å². The summed E-state index contributed by atoms with van der Waals surface area (Å²) in [4.78, 5) is 22.7. The molecule has 3 rings (SSSR count). The molecule has 1 aromatic heterocycles. The molecule has 1 saturated heterocycles. The number of amides is 1. The number of likely N-dealkylation sites (tertiary alicyclic amines) is 1. The zero-order valence-corrected chi connectivity index (χ0v) is 14.6. The number of methoxy groups -OCH3 is 1. The maximum Gasteiger partial charge on any atom is 0.229 e. The summed E-state index contributed by atoms with van der Waals surface area (Å²) in [6.45, 7) is 2.42.